The zero-order chi connectivity index (χ0) is 12.3. The van der Waals surface area contributed by atoms with Gasteiger partial charge in [0.1, 0.15) is 11.1 Å². The number of hydrogen-bond acceptors (Lipinski definition) is 5. The Hall–Kier alpha value is -1.88. The van der Waals surface area contributed by atoms with E-state index in [1.165, 1.54) is 0 Å². The highest BCUT2D eigenvalue weighted by Crippen LogP contribution is 2.25. The van der Waals surface area contributed by atoms with Crippen molar-refractivity contribution < 1.29 is 4.74 Å². The van der Waals surface area contributed by atoms with E-state index in [2.05, 4.69) is 15.0 Å². The minimum absolute atomic E-state index is 0.213. The molecular weight excluding hydrogens is 240 g/mol. The third kappa shape index (κ3) is 2.82. The van der Waals surface area contributed by atoms with Crippen molar-refractivity contribution in [1.82, 2.24) is 15.0 Å². The molecule has 1 unspecified atom stereocenters. The Labute approximate surface area is 104 Å². The van der Waals surface area contributed by atoms with Gasteiger partial charge in [-0.1, -0.05) is 11.6 Å². The quantitative estimate of drug-likeness (QED) is 0.904. The first-order chi connectivity index (χ1) is 8.16. The number of aromatic nitrogens is 3. The lowest BCUT2D eigenvalue weighted by Crippen LogP contribution is -2.08. The molecule has 0 amide bonds. The highest BCUT2D eigenvalue weighted by molar-refractivity contribution is 6.31. The number of pyridine rings is 1. The van der Waals surface area contributed by atoms with E-state index in [0.717, 1.165) is 0 Å². The van der Waals surface area contributed by atoms with Crippen molar-refractivity contribution in [2.45, 2.75) is 13.0 Å². The van der Waals surface area contributed by atoms with Gasteiger partial charge in [-0.15, -0.1) is 0 Å². The summed E-state index contributed by atoms with van der Waals surface area (Å²) in [6.07, 6.45) is 2.90. The molecule has 0 saturated carbocycles. The number of hydrogen-bond donors (Lipinski definition) is 1. The predicted octanol–water partition coefficient (Wildman–Crippen LogP) is 2.25. The maximum absolute atomic E-state index is 5.94. The van der Waals surface area contributed by atoms with Crippen molar-refractivity contribution in [2.75, 3.05) is 5.73 Å². The van der Waals surface area contributed by atoms with Crippen LogP contribution in [0.5, 0.6) is 5.88 Å². The van der Waals surface area contributed by atoms with Gasteiger partial charge in [-0.25, -0.2) is 15.0 Å². The van der Waals surface area contributed by atoms with Crippen LogP contribution >= 0.6 is 11.6 Å². The molecule has 1 atom stereocenters. The van der Waals surface area contributed by atoms with Gasteiger partial charge >= 0.3 is 0 Å². The molecule has 0 aliphatic carbocycles. The number of rotatable bonds is 3. The fourth-order valence-electron chi connectivity index (χ4n) is 1.30. The van der Waals surface area contributed by atoms with Gasteiger partial charge in [0.05, 0.1) is 5.69 Å². The SMILES string of the molecule is CC(Oc1ncccc1Cl)c1ccnc(N)n1. The van der Waals surface area contributed by atoms with Crippen LogP contribution in [0.15, 0.2) is 30.6 Å². The highest BCUT2D eigenvalue weighted by atomic mass is 35.5. The summed E-state index contributed by atoms with van der Waals surface area (Å²) < 4.78 is 5.60. The van der Waals surface area contributed by atoms with E-state index in [4.69, 9.17) is 22.1 Å². The molecule has 88 valence electrons. The van der Waals surface area contributed by atoms with Crippen LogP contribution in [0, 0.1) is 0 Å². The second-order valence-electron chi connectivity index (χ2n) is 3.39. The van der Waals surface area contributed by atoms with Gasteiger partial charge in [-0.2, -0.15) is 0 Å². The average molecular weight is 251 g/mol. The fourth-order valence-corrected chi connectivity index (χ4v) is 1.47. The smallest absolute Gasteiger partial charge is 0.233 e. The first-order valence-corrected chi connectivity index (χ1v) is 5.40. The number of ether oxygens (including phenoxy) is 1. The Bertz CT molecular complexity index is 520. The van der Waals surface area contributed by atoms with Crippen LogP contribution in [0.25, 0.3) is 0 Å². The van der Waals surface area contributed by atoms with Crippen LogP contribution in [-0.4, -0.2) is 15.0 Å². The van der Waals surface area contributed by atoms with Crippen molar-refractivity contribution in [3.05, 3.63) is 41.3 Å². The largest absolute Gasteiger partial charge is 0.467 e. The molecule has 0 aliphatic heterocycles. The predicted molar refractivity (Wildman–Crippen MR) is 64.7 cm³/mol. The van der Waals surface area contributed by atoms with Crippen LogP contribution in [0.3, 0.4) is 0 Å². The molecule has 6 heteroatoms. The van der Waals surface area contributed by atoms with Crippen LogP contribution in [0.2, 0.25) is 5.02 Å². The zero-order valence-corrected chi connectivity index (χ0v) is 9.93. The standard InChI is InChI=1S/C11H11ClN4O/c1-7(9-4-6-15-11(13)16-9)17-10-8(12)3-2-5-14-10/h2-7H,1H3,(H2,13,15,16). The molecule has 0 aromatic carbocycles. The van der Waals surface area contributed by atoms with Crippen LogP contribution in [-0.2, 0) is 0 Å². The summed E-state index contributed by atoms with van der Waals surface area (Å²) in [4.78, 5) is 11.9. The molecule has 5 nitrogen and oxygen atoms in total. The first kappa shape index (κ1) is 11.6. The molecule has 0 spiro atoms. The third-order valence-electron chi connectivity index (χ3n) is 2.13. The highest BCUT2D eigenvalue weighted by Gasteiger charge is 2.12. The lowest BCUT2D eigenvalue weighted by molar-refractivity contribution is 0.213. The molecule has 2 aromatic rings. The average Bonchev–Trinajstić information content (AvgIpc) is 2.32. The van der Waals surface area contributed by atoms with Gasteiger partial charge in [0.15, 0.2) is 0 Å². The Morgan fingerprint density at radius 3 is 2.82 bits per heavy atom. The molecular formula is C11H11ClN4O. The fraction of sp³-hybridized carbons (Fsp3) is 0.182. The minimum Gasteiger partial charge on any atom is -0.467 e. The van der Waals surface area contributed by atoms with Gasteiger partial charge < -0.3 is 10.5 Å². The minimum atomic E-state index is -0.298. The van der Waals surface area contributed by atoms with E-state index in [1.807, 2.05) is 6.92 Å². The molecule has 2 heterocycles. The molecule has 0 radical (unpaired) electrons. The lowest BCUT2D eigenvalue weighted by Gasteiger charge is -2.13. The summed E-state index contributed by atoms with van der Waals surface area (Å²) >= 11 is 5.94. The molecule has 2 N–H and O–H groups in total. The van der Waals surface area contributed by atoms with E-state index in [9.17, 15) is 0 Å². The zero-order valence-electron chi connectivity index (χ0n) is 9.17. The maximum atomic E-state index is 5.94. The molecule has 2 aromatic heterocycles. The van der Waals surface area contributed by atoms with Crippen molar-refractivity contribution in [3.8, 4) is 5.88 Å². The van der Waals surface area contributed by atoms with E-state index in [-0.39, 0.29) is 12.1 Å². The monoisotopic (exact) mass is 250 g/mol. The first-order valence-electron chi connectivity index (χ1n) is 5.02. The van der Waals surface area contributed by atoms with E-state index < -0.39 is 0 Å². The molecule has 0 fully saturated rings. The number of anilines is 1. The molecule has 17 heavy (non-hydrogen) atoms. The molecule has 2 rings (SSSR count). The molecule has 0 saturated heterocycles. The van der Waals surface area contributed by atoms with E-state index >= 15 is 0 Å². The van der Waals surface area contributed by atoms with Crippen molar-refractivity contribution in [3.63, 3.8) is 0 Å². The van der Waals surface area contributed by atoms with Crippen LogP contribution in [0.1, 0.15) is 18.7 Å². The Kier molecular flexibility index (Phi) is 3.39. The molecule has 0 aliphatic rings. The second kappa shape index (κ2) is 4.97. The second-order valence-corrected chi connectivity index (χ2v) is 3.80. The Morgan fingerprint density at radius 2 is 2.12 bits per heavy atom. The normalized spacial score (nSPS) is 12.1. The number of nitrogen functional groups attached to an aromatic ring is 1. The number of halogens is 1. The van der Waals surface area contributed by atoms with Gasteiger partial charge in [0.2, 0.25) is 11.8 Å². The van der Waals surface area contributed by atoms with Gasteiger partial charge in [0, 0.05) is 12.4 Å². The topological polar surface area (TPSA) is 73.9 Å². The molecule has 0 bridgehead atoms. The summed E-state index contributed by atoms with van der Waals surface area (Å²) in [5.74, 6) is 0.587. The van der Waals surface area contributed by atoms with Crippen molar-refractivity contribution in [1.29, 1.82) is 0 Å². The van der Waals surface area contributed by atoms with E-state index in [0.29, 0.717) is 16.6 Å². The lowest BCUT2D eigenvalue weighted by atomic mass is 10.3. The van der Waals surface area contributed by atoms with Gasteiger partial charge in [-0.05, 0) is 25.1 Å². The van der Waals surface area contributed by atoms with Crippen molar-refractivity contribution >= 4 is 17.5 Å². The van der Waals surface area contributed by atoms with E-state index in [1.54, 1.807) is 30.6 Å². The maximum Gasteiger partial charge on any atom is 0.233 e. The summed E-state index contributed by atoms with van der Waals surface area (Å²) in [6.45, 7) is 1.84. The summed E-state index contributed by atoms with van der Waals surface area (Å²) in [5, 5.41) is 0.460. The van der Waals surface area contributed by atoms with Crippen molar-refractivity contribution in [2.24, 2.45) is 0 Å². The van der Waals surface area contributed by atoms with Gasteiger partial charge in [0.25, 0.3) is 0 Å². The van der Waals surface area contributed by atoms with Crippen LogP contribution in [0.4, 0.5) is 5.95 Å². The Balaban J connectivity index is 2.17. The summed E-state index contributed by atoms with van der Waals surface area (Å²) in [7, 11) is 0. The third-order valence-corrected chi connectivity index (χ3v) is 2.41. The number of nitrogens with zero attached hydrogens (tertiary/aromatic N) is 3. The van der Waals surface area contributed by atoms with Crippen LogP contribution < -0.4 is 10.5 Å². The summed E-state index contributed by atoms with van der Waals surface area (Å²) in [6, 6.07) is 5.19. The Morgan fingerprint density at radius 1 is 1.29 bits per heavy atom. The summed E-state index contributed by atoms with van der Waals surface area (Å²) in [5.41, 5.74) is 6.18. The number of nitrogens with two attached hydrogens (primary N) is 1. The van der Waals surface area contributed by atoms with Gasteiger partial charge in [-0.3, -0.25) is 0 Å².